The highest BCUT2D eigenvalue weighted by Crippen LogP contribution is 2.21. The smallest absolute Gasteiger partial charge is 0.163 e. The van der Waals surface area contributed by atoms with Crippen molar-refractivity contribution < 1.29 is 0 Å². The van der Waals surface area contributed by atoms with Gasteiger partial charge in [0.25, 0.3) is 0 Å². The molecule has 4 N–H and O–H groups in total. The molecule has 0 aliphatic rings. The fraction of sp³-hybridized carbons (Fsp3) is 0. The van der Waals surface area contributed by atoms with Crippen LogP contribution < -0.4 is 11.5 Å². The normalized spacial score (nSPS) is 10.2. The Kier molecular flexibility index (Phi) is 2.55. The van der Waals surface area contributed by atoms with E-state index in [1.165, 1.54) is 6.07 Å². The highest BCUT2D eigenvalue weighted by atomic mass is 79.9. The van der Waals surface area contributed by atoms with Gasteiger partial charge in [0.05, 0.1) is 0 Å². The van der Waals surface area contributed by atoms with Crippen LogP contribution in [0.3, 0.4) is 0 Å². The molecule has 0 aliphatic carbocycles. The Bertz CT molecular complexity index is 478. The van der Waals surface area contributed by atoms with E-state index in [2.05, 4.69) is 25.9 Å². The molecule has 0 spiro atoms. The van der Waals surface area contributed by atoms with E-state index in [0.717, 1.165) is 10.0 Å². The van der Waals surface area contributed by atoms with Crippen LogP contribution in [0.2, 0.25) is 0 Å². The minimum atomic E-state index is 0.373. The first-order chi connectivity index (χ1) is 7.15. The molecule has 0 amide bonds. The zero-order chi connectivity index (χ0) is 10.8. The number of nitrogens with two attached hydrogens (primary N) is 2. The molecule has 0 bridgehead atoms. The fourth-order valence-corrected chi connectivity index (χ4v) is 1.64. The second-order valence-electron chi connectivity index (χ2n) is 3.05. The topological polar surface area (TPSA) is 77.8 Å². The van der Waals surface area contributed by atoms with Gasteiger partial charge in [0.1, 0.15) is 11.6 Å². The molecule has 4 nitrogen and oxygen atoms in total. The Morgan fingerprint density at radius 2 is 1.67 bits per heavy atom. The van der Waals surface area contributed by atoms with E-state index in [9.17, 15) is 0 Å². The molecular formula is C10H9BrN4. The maximum Gasteiger partial charge on any atom is 0.163 e. The van der Waals surface area contributed by atoms with Gasteiger partial charge >= 0.3 is 0 Å². The van der Waals surface area contributed by atoms with Crippen LogP contribution in [0.5, 0.6) is 0 Å². The molecule has 5 heteroatoms. The van der Waals surface area contributed by atoms with Gasteiger partial charge in [0.2, 0.25) is 0 Å². The Labute approximate surface area is 95.5 Å². The first kappa shape index (κ1) is 9.92. The number of benzene rings is 1. The standard InChI is InChI=1S/C10H9BrN4/c11-7-3-1-2-6(4-7)10-14-8(12)5-9(13)15-10/h1-5H,(H4,12,13,14,15). The van der Waals surface area contributed by atoms with E-state index in [-0.39, 0.29) is 0 Å². The largest absolute Gasteiger partial charge is 0.384 e. The molecule has 0 saturated carbocycles. The van der Waals surface area contributed by atoms with Gasteiger partial charge in [0.15, 0.2) is 5.82 Å². The third kappa shape index (κ3) is 2.24. The van der Waals surface area contributed by atoms with E-state index < -0.39 is 0 Å². The number of aromatic nitrogens is 2. The number of halogens is 1. The summed E-state index contributed by atoms with van der Waals surface area (Å²) in [6.45, 7) is 0. The van der Waals surface area contributed by atoms with Crippen LogP contribution in [0.15, 0.2) is 34.8 Å². The van der Waals surface area contributed by atoms with E-state index in [0.29, 0.717) is 17.5 Å². The molecule has 0 radical (unpaired) electrons. The van der Waals surface area contributed by atoms with Crippen LogP contribution >= 0.6 is 15.9 Å². The summed E-state index contributed by atoms with van der Waals surface area (Å²) in [6.07, 6.45) is 0. The Morgan fingerprint density at radius 3 is 2.27 bits per heavy atom. The highest BCUT2D eigenvalue weighted by Gasteiger charge is 2.03. The molecule has 1 aromatic carbocycles. The quantitative estimate of drug-likeness (QED) is 0.827. The number of hydrogen-bond acceptors (Lipinski definition) is 4. The van der Waals surface area contributed by atoms with Crippen LogP contribution in [0.25, 0.3) is 11.4 Å². The molecular weight excluding hydrogens is 256 g/mol. The van der Waals surface area contributed by atoms with E-state index in [4.69, 9.17) is 11.5 Å². The molecule has 0 unspecified atom stereocenters. The van der Waals surface area contributed by atoms with Crippen molar-refractivity contribution in [3.63, 3.8) is 0 Å². The van der Waals surface area contributed by atoms with Gasteiger partial charge in [-0.2, -0.15) is 0 Å². The number of rotatable bonds is 1. The maximum absolute atomic E-state index is 5.59. The van der Waals surface area contributed by atoms with Gasteiger partial charge in [-0.3, -0.25) is 0 Å². The lowest BCUT2D eigenvalue weighted by molar-refractivity contribution is 1.19. The second-order valence-corrected chi connectivity index (χ2v) is 3.97. The molecule has 0 atom stereocenters. The van der Waals surface area contributed by atoms with E-state index >= 15 is 0 Å². The van der Waals surface area contributed by atoms with Gasteiger partial charge in [-0.1, -0.05) is 28.1 Å². The first-order valence-electron chi connectivity index (χ1n) is 4.31. The highest BCUT2D eigenvalue weighted by molar-refractivity contribution is 9.10. The number of nitrogen functional groups attached to an aromatic ring is 2. The molecule has 2 aromatic rings. The van der Waals surface area contributed by atoms with Crippen LogP contribution in [-0.4, -0.2) is 9.97 Å². The van der Waals surface area contributed by atoms with E-state index in [1.54, 1.807) is 0 Å². The van der Waals surface area contributed by atoms with Gasteiger partial charge < -0.3 is 11.5 Å². The lowest BCUT2D eigenvalue weighted by Crippen LogP contribution is -1.99. The third-order valence-electron chi connectivity index (χ3n) is 1.85. The van der Waals surface area contributed by atoms with Gasteiger partial charge in [-0.25, -0.2) is 9.97 Å². The summed E-state index contributed by atoms with van der Waals surface area (Å²) in [5.74, 6) is 1.28. The Morgan fingerprint density at radius 1 is 1.00 bits per heavy atom. The minimum Gasteiger partial charge on any atom is -0.384 e. The molecule has 2 rings (SSSR count). The van der Waals surface area contributed by atoms with E-state index in [1.807, 2.05) is 24.3 Å². The van der Waals surface area contributed by atoms with Crippen LogP contribution in [0, 0.1) is 0 Å². The first-order valence-corrected chi connectivity index (χ1v) is 5.10. The number of nitrogens with zero attached hydrogens (tertiary/aromatic N) is 2. The number of anilines is 2. The monoisotopic (exact) mass is 264 g/mol. The second kappa shape index (κ2) is 3.86. The van der Waals surface area contributed by atoms with Crippen molar-refractivity contribution in [1.82, 2.24) is 9.97 Å². The SMILES string of the molecule is Nc1cc(N)nc(-c2cccc(Br)c2)n1. The lowest BCUT2D eigenvalue weighted by atomic mass is 10.2. The summed E-state index contributed by atoms with van der Waals surface area (Å²) < 4.78 is 0.963. The van der Waals surface area contributed by atoms with Crippen molar-refractivity contribution in [1.29, 1.82) is 0 Å². The molecule has 1 aromatic heterocycles. The predicted octanol–water partition coefficient (Wildman–Crippen LogP) is 2.07. The average Bonchev–Trinajstić information content (AvgIpc) is 2.16. The van der Waals surface area contributed by atoms with Crippen molar-refractivity contribution in [2.24, 2.45) is 0 Å². The summed E-state index contributed by atoms with van der Waals surface area (Å²) >= 11 is 3.38. The van der Waals surface area contributed by atoms with Crippen LogP contribution in [-0.2, 0) is 0 Å². The average molecular weight is 265 g/mol. The van der Waals surface area contributed by atoms with Crippen LogP contribution in [0.1, 0.15) is 0 Å². The van der Waals surface area contributed by atoms with Crippen molar-refractivity contribution in [3.05, 3.63) is 34.8 Å². The Hall–Kier alpha value is -1.62. The van der Waals surface area contributed by atoms with Crippen molar-refractivity contribution >= 4 is 27.6 Å². The molecule has 1 heterocycles. The van der Waals surface area contributed by atoms with Crippen molar-refractivity contribution in [3.8, 4) is 11.4 Å². The van der Waals surface area contributed by atoms with Crippen molar-refractivity contribution in [2.45, 2.75) is 0 Å². The minimum absolute atomic E-state index is 0.373. The fourth-order valence-electron chi connectivity index (χ4n) is 1.24. The van der Waals surface area contributed by atoms with Gasteiger partial charge in [-0.05, 0) is 12.1 Å². The molecule has 0 fully saturated rings. The van der Waals surface area contributed by atoms with Gasteiger partial charge in [-0.15, -0.1) is 0 Å². The lowest BCUT2D eigenvalue weighted by Gasteiger charge is -2.03. The Balaban J connectivity index is 2.54. The van der Waals surface area contributed by atoms with Gasteiger partial charge in [0, 0.05) is 16.1 Å². The number of hydrogen-bond donors (Lipinski definition) is 2. The zero-order valence-electron chi connectivity index (χ0n) is 7.81. The molecule has 0 aliphatic heterocycles. The van der Waals surface area contributed by atoms with Crippen molar-refractivity contribution in [2.75, 3.05) is 11.5 Å². The summed E-state index contributed by atoms with van der Waals surface area (Å²) in [5.41, 5.74) is 12.1. The zero-order valence-corrected chi connectivity index (χ0v) is 9.40. The summed E-state index contributed by atoms with van der Waals surface area (Å²) in [5, 5.41) is 0. The summed E-state index contributed by atoms with van der Waals surface area (Å²) in [4.78, 5) is 8.22. The molecule has 15 heavy (non-hydrogen) atoms. The molecule has 76 valence electrons. The van der Waals surface area contributed by atoms with Crippen LogP contribution in [0.4, 0.5) is 11.6 Å². The molecule has 0 saturated heterocycles. The predicted molar refractivity (Wildman–Crippen MR) is 64.0 cm³/mol. The third-order valence-corrected chi connectivity index (χ3v) is 2.34. The summed E-state index contributed by atoms with van der Waals surface area (Å²) in [7, 11) is 0. The maximum atomic E-state index is 5.59. The summed E-state index contributed by atoms with van der Waals surface area (Å²) in [6, 6.07) is 9.18.